The molecule has 100 valence electrons. The summed E-state index contributed by atoms with van der Waals surface area (Å²) in [6, 6.07) is 16.0. The maximum Gasteiger partial charge on any atom is 0.106 e. The summed E-state index contributed by atoms with van der Waals surface area (Å²) >= 11 is 1.69. The summed E-state index contributed by atoms with van der Waals surface area (Å²) in [4.78, 5) is 5.42. The highest BCUT2D eigenvalue weighted by Crippen LogP contribution is 2.28. The van der Waals surface area contributed by atoms with Gasteiger partial charge < -0.3 is 5.11 Å². The van der Waals surface area contributed by atoms with Gasteiger partial charge in [0.25, 0.3) is 0 Å². The highest BCUT2D eigenvalue weighted by atomic mass is 32.2. The molecule has 0 saturated heterocycles. The maximum atomic E-state index is 10.6. The lowest BCUT2D eigenvalue weighted by Crippen LogP contribution is -2.01. The minimum atomic E-state index is -0.649. The van der Waals surface area contributed by atoms with E-state index in [0.29, 0.717) is 0 Å². The number of pyridine rings is 1. The average molecular weight is 281 g/mol. The molecule has 0 radical (unpaired) electrons. The fourth-order valence-electron chi connectivity index (χ4n) is 2.32. The van der Waals surface area contributed by atoms with Crippen LogP contribution in [-0.2, 0) is 0 Å². The Morgan fingerprint density at radius 1 is 1.00 bits per heavy atom. The van der Waals surface area contributed by atoms with Crippen molar-refractivity contribution in [2.75, 3.05) is 6.26 Å². The van der Waals surface area contributed by atoms with E-state index < -0.39 is 6.10 Å². The Kier molecular flexibility index (Phi) is 3.72. The van der Waals surface area contributed by atoms with Crippen molar-refractivity contribution in [3.8, 4) is 0 Å². The predicted molar refractivity (Wildman–Crippen MR) is 84.0 cm³/mol. The van der Waals surface area contributed by atoms with E-state index in [1.54, 1.807) is 18.0 Å². The number of aromatic nitrogens is 1. The molecule has 0 spiro atoms. The van der Waals surface area contributed by atoms with Gasteiger partial charge >= 0.3 is 0 Å². The van der Waals surface area contributed by atoms with Crippen molar-refractivity contribution in [3.63, 3.8) is 0 Å². The van der Waals surface area contributed by atoms with Crippen LogP contribution in [0.3, 0.4) is 0 Å². The van der Waals surface area contributed by atoms with Gasteiger partial charge in [0.15, 0.2) is 0 Å². The molecule has 1 heterocycles. The largest absolute Gasteiger partial charge is 0.384 e. The Hall–Kier alpha value is -1.84. The van der Waals surface area contributed by atoms with Crippen LogP contribution in [0.5, 0.6) is 0 Å². The number of hydrogen-bond acceptors (Lipinski definition) is 3. The SMILES string of the molecule is CSc1ccc(C(O)c2cncc3ccccc23)cc1. The fourth-order valence-corrected chi connectivity index (χ4v) is 2.73. The van der Waals surface area contributed by atoms with E-state index in [2.05, 4.69) is 4.98 Å². The van der Waals surface area contributed by atoms with Crippen molar-refractivity contribution < 1.29 is 5.11 Å². The van der Waals surface area contributed by atoms with Gasteiger partial charge in [0.05, 0.1) is 0 Å². The first kappa shape index (κ1) is 13.2. The maximum absolute atomic E-state index is 10.6. The monoisotopic (exact) mass is 281 g/mol. The Balaban J connectivity index is 2.05. The van der Waals surface area contributed by atoms with Crippen LogP contribution in [0.15, 0.2) is 65.8 Å². The highest BCUT2D eigenvalue weighted by molar-refractivity contribution is 7.98. The van der Waals surface area contributed by atoms with Crippen molar-refractivity contribution >= 4 is 22.5 Å². The molecule has 3 heteroatoms. The van der Waals surface area contributed by atoms with Crippen molar-refractivity contribution in [1.29, 1.82) is 0 Å². The van der Waals surface area contributed by atoms with Crippen LogP contribution in [0.1, 0.15) is 17.2 Å². The summed E-state index contributed by atoms with van der Waals surface area (Å²) in [5.41, 5.74) is 1.74. The number of fused-ring (bicyclic) bond motifs is 1. The molecule has 0 bridgehead atoms. The smallest absolute Gasteiger partial charge is 0.106 e. The third kappa shape index (κ3) is 2.42. The van der Waals surface area contributed by atoms with Crippen molar-refractivity contribution in [2.24, 2.45) is 0 Å². The molecular weight excluding hydrogens is 266 g/mol. The first-order chi connectivity index (χ1) is 9.79. The second-order valence-electron chi connectivity index (χ2n) is 4.63. The van der Waals surface area contributed by atoms with Gasteiger partial charge in [0, 0.05) is 28.2 Å². The first-order valence-corrected chi connectivity index (χ1v) is 7.67. The number of aliphatic hydroxyl groups excluding tert-OH is 1. The molecule has 0 amide bonds. The van der Waals surface area contributed by atoms with E-state index in [4.69, 9.17) is 0 Å². The minimum absolute atomic E-state index is 0.649. The Morgan fingerprint density at radius 2 is 1.75 bits per heavy atom. The fraction of sp³-hybridized carbons (Fsp3) is 0.118. The molecule has 1 atom stereocenters. The van der Waals surface area contributed by atoms with Gasteiger partial charge in [-0.2, -0.15) is 0 Å². The van der Waals surface area contributed by atoms with Crippen LogP contribution in [0, 0.1) is 0 Å². The zero-order valence-corrected chi connectivity index (χ0v) is 12.0. The molecule has 0 saturated carbocycles. The van der Waals surface area contributed by atoms with E-state index >= 15 is 0 Å². The zero-order valence-electron chi connectivity index (χ0n) is 11.2. The van der Waals surface area contributed by atoms with Crippen LogP contribution < -0.4 is 0 Å². The molecule has 2 aromatic carbocycles. The van der Waals surface area contributed by atoms with Crippen molar-refractivity contribution in [1.82, 2.24) is 4.98 Å². The molecule has 3 aromatic rings. The standard InChI is InChI=1S/C17H15NOS/c1-20-14-8-6-12(7-9-14)17(19)16-11-18-10-13-4-2-3-5-15(13)16/h2-11,17,19H,1H3. The third-order valence-corrected chi connectivity index (χ3v) is 4.17. The molecule has 1 N–H and O–H groups in total. The summed E-state index contributed by atoms with van der Waals surface area (Å²) < 4.78 is 0. The summed E-state index contributed by atoms with van der Waals surface area (Å²) in [5.74, 6) is 0. The Bertz CT molecular complexity index is 719. The molecule has 0 aliphatic heterocycles. The quantitative estimate of drug-likeness (QED) is 0.736. The van der Waals surface area contributed by atoms with E-state index in [-0.39, 0.29) is 0 Å². The summed E-state index contributed by atoms with van der Waals surface area (Å²) in [6.07, 6.45) is 4.96. The van der Waals surface area contributed by atoms with Crippen molar-refractivity contribution in [2.45, 2.75) is 11.0 Å². The van der Waals surface area contributed by atoms with Crippen LogP contribution >= 0.6 is 11.8 Å². The highest BCUT2D eigenvalue weighted by Gasteiger charge is 2.13. The van der Waals surface area contributed by atoms with Gasteiger partial charge in [-0.15, -0.1) is 11.8 Å². The second kappa shape index (κ2) is 5.65. The minimum Gasteiger partial charge on any atom is -0.384 e. The molecule has 1 aromatic heterocycles. The lowest BCUT2D eigenvalue weighted by molar-refractivity contribution is 0.221. The van der Waals surface area contributed by atoms with E-state index in [1.807, 2.05) is 61.0 Å². The molecular formula is C17H15NOS. The van der Waals surface area contributed by atoms with Crippen LogP contribution in [0.2, 0.25) is 0 Å². The molecule has 20 heavy (non-hydrogen) atoms. The van der Waals surface area contributed by atoms with E-state index in [1.165, 1.54) is 4.90 Å². The van der Waals surface area contributed by atoms with Gasteiger partial charge in [-0.25, -0.2) is 0 Å². The number of hydrogen-bond donors (Lipinski definition) is 1. The number of aliphatic hydroxyl groups is 1. The number of benzene rings is 2. The normalized spacial score (nSPS) is 12.5. The molecule has 3 rings (SSSR count). The summed E-state index contributed by atoms with van der Waals surface area (Å²) in [5, 5.41) is 12.7. The topological polar surface area (TPSA) is 33.1 Å². The van der Waals surface area contributed by atoms with E-state index in [9.17, 15) is 5.11 Å². The number of rotatable bonds is 3. The van der Waals surface area contributed by atoms with Gasteiger partial charge in [0.2, 0.25) is 0 Å². The van der Waals surface area contributed by atoms with E-state index in [0.717, 1.165) is 21.9 Å². The molecule has 0 fully saturated rings. The van der Waals surface area contributed by atoms with Crippen molar-refractivity contribution in [3.05, 3.63) is 72.1 Å². The zero-order chi connectivity index (χ0) is 13.9. The van der Waals surface area contributed by atoms with Gasteiger partial charge in [-0.05, 0) is 29.3 Å². The van der Waals surface area contributed by atoms with Gasteiger partial charge in [-0.3, -0.25) is 4.98 Å². The average Bonchev–Trinajstić information content (AvgIpc) is 2.54. The lowest BCUT2D eigenvalue weighted by Gasteiger charge is -2.14. The molecule has 1 unspecified atom stereocenters. The third-order valence-electron chi connectivity index (χ3n) is 3.43. The predicted octanol–water partition coefficient (Wildman–Crippen LogP) is 4.04. The first-order valence-electron chi connectivity index (χ1n) is 6.44. The van der Waals surface area contributed by atoms with Gasteiger partial charge in [-0.1, -0.05) is 36.4 Å². The summed E-state index contributed by atoms with van der Waals surface area (Å²) in [6.45, 7) is 0. The second-order valence-corrected chi connectivity index (χ2v) is 5.51. The van der Waals surface area contributed by atoms with Gasteiger partial charge in [0.1, 0.15) is 6.10 Å². The Labute approximate surface area is 122 Å². The number of nitrogens with zero attached hydrogens (tertiary/aromatic N) is 1. The Morgan fingerprint density at radius 3 is 2.50 bits per heavy atom. The molecule has 0 aliphatic rings. The summed E-state index contributed by atoms with van der Waals surface area (Å²) in [7, 11) is 0. The van der Waals surface area contributed by atoms with Crippen LogP contribution in [0.25, 0.3) is 10.8 Å². The number of thioether (sulfide) groups is 1. The lowest BCUT2D eigenvalue weighted by atomic mass is 9.98. The van der Waals surface area contributed by atoms with Crippen LogP contribution in [-0.4, -0.2) is 16.3 Å². The molecule has 2 nitrogen and oxygen atoms in total. The molecule has 0 aliphatic carbocycles. The van der Waals surface area contributed by atoms with Crippen LogP contribution in [0.4, 0.5) is 0 Å².